The monoisotopic (exact) mass is 243 g/mol. The van der Waals surface area contributed by atoms with E-state index in [0.29, 0.717) is 10.8 Å². The SMILES string of the molecule is Nc1c(-c2cccc(Cl)c2)nc2ccccn12. The third-order valence-corrected chi connectivity index (χ3v) is 2.90. The minimum Gasteiger partial charge on any atom is -0.383 e. The van der Waals surface area contributed by atoms with Crippen LogP contribution in [-0.4, -0.2) is 9.38 Å². The second-order valence-corrected chi connectivity index (χ2v) is 4.22. The van der Waals surface area contributed by atoms with Gasteiger partial charge in [-0.3, -0.25) is 4.40 Å². The molecule has 0 amide bonds. The van der Waals surface area contributed by atoms with E-state index in [1.54, 1.807) is 0 Å². The van der Waals surface area contributed by atoms with Gasteiger partial charge in [-0.05, 0) is 24.3 Å². The van der Waals surface area contributed by atoms with Crippen LogP contribution < -0.4 is 5.73 Å². The molecule has 2 N–H and O–H groups in total. The van der Waals surface area contributed by atoms with E-state index in [1.165, 1.54) is 0 Å². The van der Waals surface area contributed by atoms with Gasteiger partial charge < -0.3 is 5.73 Å². The van der Waals surface area contributed by atoms with E-state index in [9.17, 15) is 0 Å². The van der Waals surface area contributed by atoms with Crippen molar-refractivity contribution in [2.75, 3.05) is 5.73 Å². The molecule has 3 aromatic rings. The number of hydrogen-bond acceptors (Lipinski definition) is 2. The van der Waals surface area contributed by atoms with Crippen molar-refractivity contribution in [3.8, 4) is 11.3 Å². The maximum atomic E-state index is 6.08. The summed E-state index contributed by atoms with van der Waals surface area (Å²) in [5, 5.41) is 0.680. The Morgan fingerprint density at radius 2 is 2.00 bits per heavy atom. The second kappa shape index (κ2) is 3.79. The Hall–Kier alpha value is -2.00. The first-order valence-electron chi connectivity index (χ1n) is 5.24. The van der Waals surface area contributed by atoms with E-state index >= 15 is 0 Å². The average Bonchev–Trinajstić information content (AvgIpc) is 2.68. The highest BCUT2D eigenvalue weighted by Gasteiger charge is 2.10. The summed E-state index contributed by atoms with van der Waals surface area (Å²) in [6, 6.07) is 13.3. The largest absolute Gasteiger partial charge is 0.383 e. The van der Waals surface area contributed by atoms with Crippen LogP contribution in [0, 0.1) is 0 Å². The molecule has 0 saturated heterocycles. The fourth-order valence-corrected chi connectivity index (χ4v) is 2.05. The van der Waals surface area contributed by atoms with Gasteiger partial charge in [0.2, 0.25) is 0 Å². The molecule has 0 radical (unpaired) electrons. The molecule has 0 unspecified atom stereocenters. The van der Waals surface area contributed by atoms with Crippen LogP contribution in [-0.2, 0) is 0 Å². The van der Waals surface area contributed by atoms with Crippen LogP contribution in [0.4, 0.5) is 5.82 Å². The number of fused-ring (bicyclic) bond motifs is 1. The highest BCUT2D eigenvalue weighted by Crippen LogP contribution is 2.27. The van der Waals surface area contributed by atoms with E-state index in [1.807, 2.05) is 53.1 Å². The molecular formula is C13H10ClN3. The molecule has 0 bridgehead atoms. The first-order valence-corrected chi connectivity index (χ1v) is 5.62. The zero-order valence-corrected chi connectivity index (χ0v) is 9.72. The first kappa shape index (κ1) is 10.2. The Morgan fingerprint density at radius 3 is 2.76 bits per heavy atom. The second-order valence-electron chi connectivity index (χ2n) is 3.78. The molecule has 0 aliphatic rings. The number of pyridine rings is 1. The molecule has 3 rings (SSSR count). The van der Waals surface area contributed by atoms with E-state index < -0.39 is 0 Å². The van der Waals surface area contributed by atoms with Gasteiger partial charge in [-0.15, -0.1) is 0 Å². The van der Waals surface area contributed by atoms with Crippen molar-refractivity contribution in [2.24, 2.45) is 0 Å². The van der Waals surface area contributed by atoms with Crippen molar-refractivity contribution in [1.82, 2.24) is 9.38 Å². The van der Waals surface area contributed by atoms with Crippen LogP contribution in [0.1, 0.15) is 0 Å². The van der Waals surface area contributed by atoms with Crippen molar-refractivity contribution in [3.63, 3.8) is 0 Å². The van der Waals surface area contributed by atoms with Gasteiger partial charge in [0.1, 0.15) is 17.2 Å². The number of rotatable bonds is 1. The Labute approximate surface area is 103 Å². The minimum atomic E-state index is 0.628. The quantitative estimate of drug-likeness (QED) is 0.713. The van der Waals surface area contributed by atoms with E-state index in [-0.39, 0.29) is 0 Å². The maximum Gasteiger partial charge on any atom is 0.139 e. The molecule has 0 aliphatic heterocycles. The number of aromatic nitrogens is 2. The Bertz CT molecular complexity index is 688. The summed E-state index contributed by atoms with van der Waals surface area (Å²) in [4.78, 5) is 4.50. The fourth-order valence-electron chi connectivity index (χ4n) is 1.86. The van der Waals surface area contributed by atoms with E-state index in [0.717, 1.165) is 16.9 Å². The molecule has 0 fully saturated rings. The third kappa shape index (κ3) is 1.65. The molecular weight excluding hydrogens is 234 g/mol. The summed E-state index contributed by atoms with van der Waals surface area (Å²) in [7, 11) is 0. The number of hydrogen-bond donors (Lipinski definition) is 1. The highest BCUT2D eigenvalue weighted by atomic mass is 35.5. The lowest BCUT2D eigenvalue weighted by Crippen LogP contribution is -1.93. The predicted molar refractivity (Wildman–Crippen MR) is 70.1 cm³/mol. The number of benzene rings is 1. The predicted octanol–water partition coefficient (Wildman–Crippen LogP) is 3.24. The standard InChI is InChI=1S/C13H10ClN3/c14-10-5-3-4-9(8-10)12-13(15)17-7-2-1-6-11(17)16-12/h1-8H,15H2. The van der Waals surface area contributed by atoms with Crippen LogP contribution >= 0.6 is 11.6 Å². The summed E-state index contributed by atoms with van der Waals surface area (Å²) in [5.41, 5.74) is 8.60. The number of nitrogen functional groups attached to an aromatic ring is 1. The van der Waals surface area contributed by atoms with E-state index in [2.05, 4.69) is 4.98 Å². The Morgan fingerprint density at radius 1 is 1.12 bits per heavy atom. The van der Waals surface area contributed by atoms with Gasteiger partial charge in [-0.2, -0.15) is 0 Å². The smallest absolute Gasteiger partial charge is 0.139 e. The molecule has 17 heavy (non-hydrogen) atoms. The van der Waals surface area contributed by atoms with Gasteiger partial charge in [0, 0.05) is 16.8 Å². The summed E-state index contributed by atoms with van der Waals surface area (Å²) >= 11 is 5.97. The average molecular weight is 244 g/mol. The summed E-state index contributed by atoms with van der Waals surface area (Å²) in [6.45, 7) is 0. The summed E-state index contributed by atoms with van der Waals surface area (Å²) < 4.78 is 1.86. The van der Waals surface area contributed by atoms with Gasteiger partial charge >= 0.3 is 0 Å². The molecule has 1 aromatic carbocycles. The molecule has 84 valence electrons. The molecule has 0 atom stereocenters. The van der Waals surface area contributed by atoms with Crippen LogP contribution in [0.2, 0.25) is 5.02 Å². The van der Waals surface area contributed by atoms with E-state index in [4.69, 9.17) is 17.3 Å². The van der Waals surface area contributed by atoms with Gasteiger partial charge in [0.25, 0.3) is 0 Å². The molecule has 2 heterocycles. The molecule has 3 nitrogen and oxygen atoms in total. The zero-order chi connectivity index (χ0) is 11.8. The topological polar surface area (TPSA) is 43.3 Å². The van der Waals surface area contributed by atoms with Crippen molar-refractivity contribution in [2.45, 2.75) is 0 Å². The van der Waals surface area contributed by atoms with Crippen molar-refractivity contribution >= 4 is 23.1 Å². The van der Waals surface area contributed by atoms with Gasteiger partial charge in [0.15, 0.2) is 0 Å². The first-order chi connectivity index (χ1) is 8.25. The molecule has 4 heteroatoms. The summed E-state index contributed by atoms with van der Waals surface area (Å²) in [5.74, 6) is 0.628. The normalized spacial score (nSPS) is 10.9. The lowest BCUT2D eigenvalue weighted by atomic mass is 10.1. The number of halogens is 1. The van der Waals surface area contributed by atoms with Crippen LogP contribution in [0.15, 0.2) is 48.7 Å². The maximum absolute atomic E-state index is 6.08. The Kier molecular flexibility index (Phi) is 2.27. The Balaban J connectivity index is 2.27. The van der Waals surface area contributed by atoms with Crippen molar-refractivity contribution in [3.05, 3.63) is 53.7 Å². The lowest BCUT2D eigenvalue weighted by Gasteiger charge is -1.99. The van der Waals surface area contributed by atoms with Gasteiger partial charge in [-0.25, -0.2) is 4.98 Å². The highest BCUT2D eigenvalue weighted by molar-refractivity contribution is 6.30. The van der Waals surface area contributed by atoms with Crippen molar-refractivity contribution in [1.29, 1.82) is 0 Å². The van der Waals surface area contributed by atoms with Gasteiger partial charge in [-0.1, -0.05) is 29.8 Å². The molecule has 0 saturated carbocycles. The lowest BCUT2D eigenvalue weighted by molar-refractivity contribution is 1.20. The van der Waals surface area contributed by atoms with Crippen LogP contribution in [0.3, 0.4) is 0 Å². The summed E-state index contributed by atoms with van der Waals surface area (Å²) in [6.07, 6.45) is 1.89. The number of imidazole rings is 1. The number of anilines is 1. The third-order valence-electron chi connectivity index (χ3n) is 2.66. The van der Waals surface area contributed by atoms with Gasteiger partial charge in [0.05, 0.1) is 0 Å². The molecule has 2 aromatic heterocycles. The fraction of sp³-hybridized carbons (Fsp3) is 0. The van der Waals surface area contributed by atoms with Crippen LogP contribution in [0.25, 0.3) is 16.9 Å². The minimum absolute atomic E-state index is 0.628. The molecule has 0 aliphatic carbocycles. The van der Waals surface area contributed by atoms with Crippen LogP contribution in [0.5, 0.6) is 0 Å². The number of nitrogens with two attached hydrogens (primary N) is 1. The van der Waals surface area contributed by atoms with Crippen molar-refractivity contribution < 1.29 is 0 Å². The zero-order valence-electron chi connectivity index (χ0n) is 8.97. The molecule has 0 spiro atoms. The number of nitrogens with zero attached hydrogens (tertiary/aromatic N) is 2.